The van der Waals surface area contributed by atoms with Gasteiger partial charge in [-0.15, -0.1) is 0 Å². The van der Waals surface area contributed by atoms with Gasteiger partial charge in [0.1, 0.15) is 18.1 Å². The molecule has 0 amide bonds. The molecule has 0 N–H and O–H groups in total. The summed E-state index contributed by atoms with van der Waals surface area (Å²) >= 11 is 0. The molecule has 0 fully saturated rings. The molecular formula is C15H17NO3. The Bertz CT molecular complexity index is 543. The van der Waals surface area contributed by atoms with Crippen molar-refractivity contribution in [3.8, 4) is 5.75 Å². The molecule has 4 nitrogen and oxygen atoms in total. The number of rotatable bonds is 6. The standard InChI is InChI=1S/C15H17NO3/c1-11-9-15(19-16-11)10-18-14-7-5-13(6-8-14)4-3-12(2)17/h5-9H,3-4,10H2,1-2H3. The van der Waals surface area contributed by atoms with Gasteiger partial charge in [0.05, 0.1) is 5.69 Å². The maximum atomic E-state index is 10.9. The Labute approximate surface area is 112 Å². The largest absolute Gasteiger partial charge is 0.486 e. The van der Waals surface area contributed by atoms with Crippen LogP contribution in [0.4, 0.5) is 0 Å². The highest BCUT2D eigenvalue weighted by molar-refractivity contribution is 5.75. The molecule has 0 bridgehead atoms. The van der Waals surface area contributed by atoms with E-state index in [0.29, 0.717) is 18.8 Å². The number of nitrogens with zero attached hydrogens (tertiary/aromatic N) is 1. The van der Waals surface area contributed by atoms with Crippen LogP contribution in [0.15, 0.2) is 34.9 Å². The quantitative estimate of drug-likeness (QED) is 0.800. The third-order valence-electron chi connectivity index (χ3n) is 2.75. The summed E-state index contributed by atoms with van der Waals surface area (Å²) in [6, 6.07) is 9.60. The number of hydrogen-bond acceptors (Lipinski definition) is 4. The summed E-state index contributed by atoms with van der Waals surface area (Å²) < 4.78 is 10.6. The summed E-state index contributed by atoms with van der Waals surface area (Å²) in [7, 11) is 0. The lowest BCUT2D eigenvalue weighted by Crippen LogP contribution is -1.96. The summed E-state index contributed by atoms with van der Waals surface area (Å²) in [6.45, 7) is 3.85. The molecule has 4 heteroatoms. The minimum absolute atomic E-state index is 0.209. The van der Waals surface area contributed by atoms with Crippen molar-refractivity contribution in [2.75, 3.05) is 0 Å². The molecule has 2 rings (SSSR count). The number of ketones is 1. The van der Waals surface area contributed by atoms with Crippen LogP contribution in [-0.2, 0) is 17.8 Å². The summed E-state index contributed by atoms with van der Waals surface area (Å²) in [5, 5.41) is 3.80. The Kier molecular flexibility index (Phi) is 4.34. The molecule has 0 aliphatic rings. The Morgan fingerprint density at radius 3 is 2.63 bits per heavy atom. The highest BCUT2D eigenvalue weighted by Gasteiger charge is 2.02. The first-order valence-corrected chi connectivity index (χ1v) is 6.27. The molecule has 0 radical (unpaired) electrons. The van der Waals surface area contributed by atoms with E-state index in [1.165, 1.54) is 0 Å². The van der Waals surface area contributed by atoms with E-state index in [2.05, 4.69) is 5.16 Å². The Morgan fingerprint density at radius 1 is 1.32 bits per heavy atom. The molecule has 100 valence electrons. The molecule has 0 atom stereocenters. The van der Waals surface area contributed by atoms with Gasteiger partial charge < -0.3 is 14.1 Å². The summed E-state index contributed by atoms with van der Waals surface area (Å²) in [5.41, 5.74) is 1.98. The number of ether oxygens (including phenoxy) is 1. The first kappa shape index (κ1) is 13.3. The van der Waals surface area contributed by atoms with E-state index in [1.807, 2.05) is 37.3 Å². The number of carbonyl (C=O) groups is 1. The zero-order chi connectivity index (χ0) is 13.7. The van der Waals surface area contributed by atoms with Gasteiger partial charge in [-0.1, -0.05) is 17.3 Å². The lowest BCUT2D eigenvalue weighted by molar-refractivity contribution is -0.116. The number of carbonyl (C=O) groups excluding carboxylic acids is 1. The smallest absolute Gasteiger partial charge is 0.174 e. The van der Waals surface area contributed by atoms with Crippen LogP contribution >= 0.6 is 0 Å². The Hall–Kier alpha value is -2.10. The van der Waals surface area contributed by atoms with Crippen LogP contribution in [0.25, 0.3) is 0 Å². The predicted molar refractivity (Wildman–Crippen MR) is 71.0 cm³/mol. The van der Waals surface area contributed by atoms with Crippen molar-refractivity contribution in [1.29, 1.82) is 0 Å². The van der Waals surface area contributed by atoms with Crippen molar-refractivity contribution < 1.29 is 14.1 Å². The lowest BCUT2D eigenvalue weighted by Gasteiger charge is -2.05. The van der Waals surface area contributed by atoms with Crippen LogP contribution in [-0.4, -0.2) is 10.9 Å². The van der Waals surface area contributed by atoms with E-state index in [1.54, 1.807) is 6.92 Å². The average molecular weight is 259 g/mol. The zero-order valence-electron chi connectivity index (χ0n) is 11.2. The molecule has 0 aliphatic carbocycles. The Morgan fingerprint density at radius 2 is 2.05 bits per heavy atom. The topological polar surface area (TPSA) is 52.3 Å². The minimum Gasteiger partial charge on any atom is -0.486 e. The zero-order valence-corrected chi connectivity index (χ0v) is 11.2. The monoisotopic (exact) mass is 259 g/mol. The second kappa shape index (κ2) is 6.18. The second-order valence-corrected chi connectivity index (χ2v) is 4.57. The fourth-order valence-corrected chi connectivity index (χ4v) is 1.71. The van der Waals surface area contributed by atoms with Crippen molar-refractivity contribution in [2.45, 2.75) is 33.3 Å². The van der Waals surface area contributed by atoms with Crippen LogP contribution in [0, 0.1) is 6.92 Å². The van der Waals surface area contributed by atoms with Gasteiger partial charge in [0, 0.05) is 12.5 Å². The lowest BCUT2D eigenvalue weighted by atomic mass is 10.1. The SMILES string of the molecule is CC(=O)CCc1ccc(OCc2cc(C)no2)cc1. The Balaban J connectivity index is 1.86. The minimum atomic E-state index is 0.209. The van der Waals surface area contributed by atoms with Crippen molar-refractivity contribution in [1.82, 2.24) is 5.16 Å². The van der Waals surface area contributed by atoms with Gasteiger partial charge in [-0.2, -0.15) is 0 Å². The van der Waals surface area contributed by atoms with E-state index in [9.17, 15) is 4.79 Å². The van der Waals surface area contributed by atoms with Crippen LogP contribution in [0.5, 0.6) is 5.75 Å². The second-order valence-electron chi connectivity index (χ2n) is 4.57. The molecule has 1 aromatic heterocycles. The molecule has 0 saturated heterocycles. The average Bonchev–Trinajstić information content (AvgIpc) is 2.81. The van der Waals surface area contributed by atoms with Gasteiger partial charge in [-0.05, 0) is 38.0 Å². The van der Waals surface area contributed by atoms with Gasteiger partial charge in [-0.3, -0.25) is 0 Å². The highest BCUT2D eigenvalue weighted by Crippen LogP contribution is 2.15. The summed E-state index contributed by atoms with van der Waals surface area (Å²) in [4.78, 5) is 10.9. The molecule has 19 heavy (non-hydrogen) atoms. The summed E-state index contributed by atoms with van der Waals surface area (Å²) in [5.74, 6) is 1.69. The molecule has 1 aromatic carbocycles. The number of hydrogen-bond donors (Lipinski definition) is 0. The predicted octanol–water partition coefficient (Wildman–Crippen LogP) is 3.08. The van der Waals surface area contributed by atoms with Gasteiger partial charge in [0.15, 0.2) is 5.76 Å². The molecule has 0 aliphatic heterocycles. The molecule has 0 spiro atoms. The van der Waals surface area contributed by atoms with Crippen LogP contribution in [0.1, 0.15) is 30.4 Å². The number of aryl methyl sites for hydroxylation is 2. The molecule has 0 unspecified atom stereocenters. The van der Waals surface area contributed by atoms with E-state index >= 15 is 0 Å². The maximum absolute atomic E-state index is 10.9. The fraction of sp³-hybridized carbons (Fsp3) is 0.333. The first-order valence-electron chi connectivity index (χ1n) is 6.27. The summed E-state index contributed by atoms with van der Waals surface area (Å²) in [6.07, 6.45) is 1.36. The normalized spacial score (nSPS) is 10.4. The van der Waals surface area contributed by atoms with Crippen LogP contribution < -0.4 is 4.74 Å². The van der Waals surface area contributed by atoms with Gasteiger partial charge in [-0.25, -0.2) is 0 Å². The van der Waals surface area contributed by atoms with Gasteiger partial charge >= 0.3 is 0 Å². The van der Waals surface area contributed by atoms with Gasteiger partial charge in [0.25, 0.3) is 0 Å². The van der Waals surface area contributed by atoms with Crippen molar-refractivity contribution in [3.05, 3.63) is 47.3 Å². The van der Waals surface area contributed by atoms with E-state index in [0.717, 1.165) is 23.4 Å². The van der Waals surface area contributed by atoms with Crippen molar-refractivity contribution in [3.63, 3.8) is 0 Å². The third-order valence-corrected chi connectivity index (χ3v) is 2.75. The molecule has 1 heterocycles. The molecular weight excluding hydrogens is 242 g/mol. The van der Waals surface area contributed by atoms with Crippen molar-refractivity contribution >= 4 is 5.78 Å². The number of Topliss-reactive ketones (excluding diaryl/α,β-unsaturated/α-hetero) is 1. The van der Waals surface area contributed by atoms with E-state index in [4.69, 9.17) is 9.26 Å². The van der Waals surface area contributed by atoms with Crippen LogP contribution in [0.3, 0.4) is 0 Å². The van der Waals surface area contributed by atoms with E-state index in [-0.39, 0.29) is 5.78 Å². The molecule has 2 aromatic rings. The fourth-order valence-electron chi connectivity index (χ4n) is 1.71. The number of benzene rings is 1. The molecule has 0 saturated carbocycles. The maximum Gasteiger partial charge on any atom is 0.174 e. The van der Waals surface area contributed by atoms with Crippen LogP contribution in [0.2, 0.25) is 0 Å². The number of aromatic nitrogens is 1. The highest BCUT2D eigenvalue weighted by atomic mass is 16.5. The first-order chi connectivity index (χ1) is 9.13. The van der Waals surface area contributed by atoms with E-state index < -0.39 is 0 Å². The van der Waals surface area contributed by atoms with Gasteiger partial charge in [0.2, 0.25) is 0 Å². The van der Waals surface area contributed by atoms with Crippen molar-refractivity contribution in [2.24, 2.45) is 0 Å². The third kappa shape index (κ3) is 4.25.